The maximum Gasteiger partial charge on any atom is 0.191 e. The van der Waals surface area contributed by atoms with E-state index in [0.717, 1.165) is 23.7 Å². The maximum atomic E-state index is 11.2. The zero-order valence-electron chi connectivity index (χ0n) is 15.5. The van der Waals surface area contributed by atoms with Crippen LogP contribution in [0.25, 0.3) is 0 Å². The molecular formula is C16H30N4O2S2. The van der Waals surface area contributed by atoms with E-state index in [0.29, 0.717) is 12.4 Å². The highest BCUT2D eigenvalue weighted by Gasteiger charge is 2.17. The summed E-state index contributed by atoms with van der Waals surface area (Å²) < 4.78 is 22.4. The van der Waals surface area contributed by atoms with Gasteiger partial charge >= 0.3 is 0 Å². The Hall–Kier alpha value is -1.15. The highest BCUT2D eigenvalue weighted by Crippen LogP contribution is 2.23. The Bertz CT molecular complexity index is 645. The van der Waals surface area contributed by atoms with Crippen LogP contribution in [-0.4, -0.2) is 51.0 Å². The first kappa shape index (κ1) is 20.9. The molecule has 0 fully saturated rings. The van der Waals surface area contributed by atoms with Gasteiger partial charge in [0.05, 0.1) is 16.5 Å². The van der Waals surface area contributed by atoms with Gasteiger partial charge in [-0.05, 0) is 13.3 Å². The molecule has 138 valence electrons. The summed E-state index contributed by atoms with van der Waals surface area (Å²) in [6.07, 6.45) is 2.65. The van der Waals surface area contributed by atoms with Crippen molar-refractivity contribution in [3.8, 4) is 0 Å². The SMILES string of the molecule is CN=C(NCCc1nc(C(C)(C)C)cs1)NC(C)CCS(C)(=O)=O. The molecule has 1 rings (SSSR count). The third kappa shape index (κ3) is 8.10. The molecule has 24 heavy (non-hydrogen) atoms. The standard InChI is InChI=1S/C16H30N4O2S2/c1-12(8-10-24(6,21)22)19-15(17-5)18-9-7-14-20-13(11-23-14)16(2,3)4/h11-12H,7-10H2,1-6H3,(H2,17,18,19). The van der Waals surface area contributed by atoms with Crippen LogP contribution in [0.5, 0.6) is 0 Å². The number of aliphatic imine (C=N–C) groups is 1. The van der Waals surface area contributed by atoms with Gasteiger partial charge < -0.3 is 10.6 Å². The highest BCUT2D eigenvalue weighted by molar-refractivity contribution is 7.90. The number of sulfone groups is 1. The van der Waals surface area contributed by atoms with Crippen LogP contribution in [-0.2, 0) is 21.7 Å². The fourth-order valence-electron chi connectivity index (χ4n) is 1.95. The third-order valence-corrected chi connectivity index (χ3v) is 5.37. The number of aromatic nitrogens is 1. The van der Waals surface area contributed by atoms with E-state index in [4.69, 9.17) is 0 Å². The molecule has 0 aliphatic rings. The molecule has 0 radical (unpaired) electrons. The van der Waals surface area contributed by atoms with E-state index in [9.17, 15) is 8.42 Å². The van der Waals surface area contributed by atoms with Crippen LogP contribution in [0, 0.1) is 0 Å². The Morgan fingerprint density at radius 3 is 2.58 bits per heavy atom. The predicted molar refractivity (Wildman–Crippen MR) is 103 cm³/mol. The Morgan fingerprint density at radius 2 is 2.08 bits per heavy atom. The smallest absolute Gasteiger partial charge is 0.191 e. The topological polar surface area (TPSA) is 83.4 Å². The van der Waals surface area contributed by atoms with Gasteiger partial charge in [-0.3, -0.25) is 4.99 Å². The minimum absolute atomic E-state index is 0.0401. The molecule has 0 aliphatic carbocycles. The second-order valence-electron chi connectivity index (χ2n) is 7.09. The molecular weight excluding hydrogens is 344 g/mol. The van der Waals surface area contributed by atoms with Gasteiger partial charge in [-0.15, -0.1) is 11.3 Å². The number of hydrogen-bond donors (Lipinski definition) is 2. The molecule has 1 heterocycles. The number of thiazole rings is 1. The van der Waals surface area contributed by atoms with Crippen molar-refractivity contribution in [2.45, 2.75) is 52.0 Å². The molecule has 0 saturated heterocycles. The molecule has 0 saturated carbocycles. The van der Waals surface area contributed by atoms with Crippen molar-refractivity contribution < 1.29 is 8.42 Å². The number of nitrogens with zero attached hydrogens (tertiary/aromatic N) is 2. The molecule has 0 bridgehead atoms. The average Bonchev–Trinajstić information content (AvgIpc) is 2.92. The zero-order valence-corrected chi connectivity index (χ0v) is 17.1. The normalized spacial score (nSPS) is 14.5. The van der Waals surface area contributed by atoms with Gasteiger partial charge in [0.2, 0.25) is 0 Å². The van der Waals surface area contributed by atoms with Crippen LogP contribution in [0.2, 0.25) is 0 Å². The van der Waals surface area contributed by atoms with Crippen molar-refractivity contribution in [3.63, 3.8) is 0 Å². The Morgan fingerprint density at radius 1 is 1.42 bits per heavy atom. The maximum absolute atomic E-state index is 11.2. The van der Waals surface area contributed by atoms with Crippen molar-refractivity contribution >= 4 is 27.1 Å². The Labute approximate surface area is 150 Å². The number of hydrogen-bond acceptors (Lipinski definition) is 5. The van der Waals surface area contributed by atoms with E-state index in [2.05, 4.69) is 46.8 Å². The van der Waals surface area contributed by atoms with Gasteiger partial charge in [0, 0.05) is 43.1 Å². The molecule has 1 unspecified atom stereocenters. The summed E-state index contributed by atoms with van der Waals surface area (Å²) in [7, 11) is -1.22. The van der Waals surface area contributed by atoms with Crippen LogP contribution in [0.15, 0.2) is 10.4 Å². The van der Waals surface area contributed by atoms with Gasteiger partial charge in [-0.1, -0.05) is 20.8 Å². The monoisotopic (exact) mass is 374 g/mol. The minimum atomic E-state index is -2.93. The van der Waals surface area contributed by atoms with Crippen LogP contribution in [0.3, 0.4) is 0 Å². The van der Waals surface area contributed by atoms with E-state index in [1.807, 2.05) is 6.92 Å². The molecule has 1 atom stereocenters. The number of rotatable bonds is 7. The first-order valence-corrected chi connectivity index (χ1v) is 11.0. The van der Waals surface area contributed by atoms with Gasteiger partial charge in [0.15, 0.2) is 5.96 Å². The summed E-state index contributed by atoms with van der Waals surface area (Å²) in [6.45, 7) is 9.17. The summed E-state index contributed by atoms with van der Waals surface area (Å²) >= 11 is 1.68. The number of guanidine groups is 1. The summed E-state index contributed by atoms with van der Waals surface area (Å²) in [5.41, 5.74) is 1.20. The van der Waals surface area contributed by atoms with Crippen LogP contribution in [0.1, 0.15) is 44.8 Å². The molecule has 0 aliphatic heterocycles. The summed E-state index contributed by atoms with van der Waals surface area (Å²) in [5, 5.41) is 9.69. The van der Waals surface area contributed by atoms with Gasteiger partial charge in [0.1, 0.15) is 9.84 Å². The molecule has 0 spiro atoms. The summed E-state index contributed by atoms with van der Waals surface area (Å²) in [4.78, 5) is 8.85. The Kier molecular flexibility index (Phi) is 7.66. The molecule has 8 heteroatoms. The summed E-state index contributed by atoms with van der Waals surface area (Å²) in [6, 6.07) is 0.0401. The van der Waals surface area contributed by atoms with E-state index in [1.165, 1.54) is 6.26 Å². The fourth-order valence-corrected chi connectivity index (χ4v) is 3.76. The molecule has 0 amide bonds. The van der Waals surface area contributed by atoms with E-state index in [-0.39, 0.29) is 17.2 Å². The largest absolute Gasteiger partial charge is 0.356 e. The first-order chi connectivity index (χ1) is 11.0. The van der Waals surface area contributed by atoms with E-state index >= 15 is 0 Å². The van der Waals surface area contributed by atoms with E-state index < -0.39 is 9.84 Å². The lowest BCUT2D eigenvalue weighted by atomic mass is 9.93. The molecule has 2 N–H and O–H groups in total. The van der Waals surface area contributed by atoms with Crippen LogP contribution >= 0.6 is 11.3 Å². The summed E-state index contributed by atoms with van der Waals surface area (Å²) in [5.74, 6) is 0.857. The van der Waals surface area contributed by atoms with Gasteiger partial charge in [-0.2, -0.15) is 0 Å². The second kappa shape index (κ2) is 8.80. The zero-order chi connectivity index (χ0) is 18.4. The lowest BCUT2D eigenvalue weighted by molar-refractivity contribution is 0.570. The predicted octanol–water partition coefficient (Wildman–Crippen LogP) is 1.97. The van der Waals surface area contributed by atoms with Crippen molar-refractivity contribution in [1.82, 2.24) is 15.6 Å². The molecule has 6 nitrogen and oxygen atoms in total. The molecule has 0 aromatic carbocycles. The van der Waals surface area contributed by atoms with Crippen molar-refractivity contribution in [1.29, 1.82) is 0 Å². The third-order valence-electron chi connectivity index (χ3n) is 3.48. The van der Waals surface area contributed by atoms with Crippen molar-refractivity contribution in [2.75, 3.05) is 25.6 Å². The van der Waals surface area contributed by atoms with E-state index in [1.54, 1.807) is 18.4 Å². The number of nitrogens with one attached hydrogen (secondary N) is 2. The van der Waals surface area contributed by atoms with Crippen molar-refractivity contribution in [2.24, 2.45) is 4.99 Å². The lowest BCUT2D eigenvalue weighted by Crippen LogP contribution is -2.43. The van der Waals surface area contributed by atoms with Crippen LogP contribution in [0.4, 0.5) is 0 Å². The van der Waals surface area contributed by atoms with Crippen molar-refractivity contribution in [3.05, 3.63) is 16.1 Å². The second-order valence-corrected chi connectivity index (χ2v) is 10.3. The lowest BCUT2D eigenvalue weighted by Gasteiger charge is -2.17. The van der Waals surface area contributed by atoms with Crippen LogP contribution < -0.4 is 10.6 Å². The van der Waals surface area contributed by atoms with Gasteiger partial charge in [-0.25, -0.2) is 13.4 Å². The fraction of sp³-hybridized carbons (Fsp3) is 0.750. The van der Waals surface area contributed by atoms with Gasteiger partial charge in [0.25, 0.3) is 0 Å². The highest BCUT2D eigenvalue weighted by atomic mass is 32.2. The molecule has 1 aromatic heterocycles. The average molecular weight is 375 g/mol. The first-order valence-electron chi connectivity index (χ1n) is 8.11. The Balaban J connectivity index is 2.40. The quantitative estimate of drug-likeness (QED) is 0.563. The minimum Gasteiger partial charge on any atom is -0.356 e. The molecule has 1 aromatic rings.